The van der Waals surface area contributed by atoms with Gasteiger partial charge in [-0.05, 0) is 24.5 Å². The molecule has 3 aromatic rings. The van der Waals surface area contributed by atoms with Gasteiger partial charge in [-0.15, -0.1) is 0 Å². The van der Waals surface area contributed by atoms with Crippen LogP contribution < -0.4 is 5.43 Å². The second-order valence-electron chi connectivity index (χ2n) is 6.36. The minimum Gasteiger partial charge on any atom is -0.457 e. The molecular formula is C20H15F2NO3. The number of halogens is 2. The first-order valence-corrected chi connectivity index (χ1v) is 8.29. The largest absolute Gasteiger partial charge is 0.457 e. The number of nitrogens with zero attached hydrogens (tertiary/aromatic N) is 1. The predicted octanol–water partition coefficient (Wildman–Crippen LogP) is 3.97. The highest BCUT2D eigenvalue weighted by Crippen LogP contribution is 2.37. The zero-order valence-electron chi connectivity index (χ0n) is 13.7. The fourth-order valence-corrected chi connectivity index (χ4v) is 2.95. The van der Waals surface area contributed by atoms with Crippen LogP contribution in [0.4, 0.5) is 8.78 Å². The maximum absolute atomic E-state index is 13.6. The number of esters is 1. The van der Waals surface area contributed by atoms with Crippen molar-refractivity contribution in [1.82, 2.24) is 4.57 Å². The van der Waals surface area contributed by atoms with Crippen LogP contribution in [0.3, 0.4) is 0 Å². The Bertz CT molecular complexity index is 1060. The van der Waals surface area contributed by atoms with Gasteiger partial charge >= 0.3 is 5.97 Å². The molecule has 4 rings (SSSR count). The van der Waals surface area contributed by atoms with E-state index < -0.39 is 23.0 Å². The molecule has 1 heterocycles. The van der Waals surface area contributed by atoms with Crippen molar-refractivity contribution in [3.05, 3.63) is 81.6 Å². The third kappa shape index (κ3) is 2.98. The molecule has 1 aliphatic carbocycles. The van der Waals surface area contributed by atoms with Gasteiger partial charge in [-0.2, -0.15) is 0 Å². The minimum atomic E-state index is -1.12. The first-order valence-electron chi connectivity index (χ1n) is 8.29. The molecule has 0 amide bonds. The Morgan fingerprint density at radius 3 is 2.50 bits per heavy atom. The smallest absolute Gasteiger partial charge is 0.343 e. The molecule has 6 heteroatoms. The summed E-state index contributed by atoms with van der Waals surface area (Å²) in [4.78, 5) is 25.1. The van der Waals surface area contributed by atoms with Gasteiger partial charge in [0.25, 0.3) is 0 Å². The van der Waals surface area contributed by atoms with Gasteiger partial charge < -0.3 is 9.30 Å². The number of hydrogen-bond donors (Lipinski definition) is 0. The van der Waals surface area contributed by atoms with Gasteiger partial charge in [-0.25, -0.2) is 13.6 Å². The van der Waals surface area contributed by atoms with Crippen molar-refractivity contribution in [3.63, 3.8) is 0 Å². The van der Waals surface area contributed by atoms with Crippen LogP contribution in [-0.4, -0.2) is 10.5 Å². The maximum atomic E-state index is 13.6. The van der Waals surface area contributed by atoms with Crippen molar-refractivity contribution in [3.8, 4) is 0 Å². The van der Waals surface area contributed by atoms with Crippen molar-refractivity contribution in [2.75, 3.05) is 0 Å². The summed E-state index contributed by atoms with van der Waals surface area (Å²) in [5, 5.41) is -0.0232. The molecule has 0 N–H and O–H groups in total. The summed E-state index contributed by atoms with van der Waals surface area (Å²) in [6.45, 7) is 0.0261. The number of hydrogen-bond acceptors (Lipinski definition) is 3. The van der Waals surface area contributed by atoms with Crippen LogP contribution in [0, 0.1) is 11.6 Å². The SMILES string of the molecule is O=C(OCc1ccccc1)c1cn(C2CC2)c2cc(F)c(F)cc2c1=O. The van der Waals surface area contributed by atoms with Gasteiger partial charge in [0.1, 0.15) is 12.2 Å². The number of rotatable bonds is 4. The predicted molar refractivity (Wildman–Crippen MR) is 92.0 cm³/mol. The number of ether oxygens (including phenoxy) is 1. The zero-order chi connectivity index (χ0) is 18.3. The normalized spacial score (nSPS) is 13.8. The average molecular weight is 355 g/mol. The summed E-state index contributed by atoms with van der Waals surface area (Å²) in [5.74, 6) is -2.92. The number of fused-ring (bicyclic) bond motifs is 1. The minimum absolute atomic E-state index is 0.0232. The number of carbonyl (C=O) groups excluding carboxylic acids is 1. The van der Waals surface area contributed by atoms with Crippen LogP contribution in [-0.2, 0) is 11.3 Å². The third-order valence-corrected chi connectivity index (χ3v) is 4.45. The second-order valence-corrected chi connectivity index (χ2v) is 6.36. The Kier molecular flexibility index (Phi) is 4.03. The Hall–Kier alpha value is -3.02. The van der Waals surface area contributed by atoms with E-state index in [1.807, 2.05) is 18.2 Å². The number of benzene rings is 2. The summed E-state index contributed by atoms with van der Waals surface area (Å²) in [6.07, 6.45) is 3.11. The van der Waals surface area contributed by atoms with Crippen LogP contribution in [0.15, 0.2) is 53.5 Å². The Morgan fingerprint density at radius 1 is 1.12 bits per heavy atom. The number of aromatic nitrogens is 1. The summed E-state index contributed by atoms with van der Waals surface area (Å²) < 4.78 is 34.2. The van der Waals surface area contributed by atoms with Crippen molar-refractivity contribution in [2.45, 2.75) is 25.5 Å². The molecule has 0 bridgehead atoms. The summed E-state index contributed by atoms with van der Waals surface area (Å²) in [7, 11) is 0. The van der Waals surface area contributed by atoms with E-state index in [9.17, 15) is 18.4 Å². The van der Waals surface area contributed by atoms with Crippen molar-refractivity contribution in [1.29, 1.82) is 0 Å². The van der Waals surface area contributed by atoms with Crippen LogP contribution in [0.25, 0.3) is 10.9 Å². The summed E-state index contributed by atoms with van der Waals surface area (Å²) >= 11 is 0. The molecule has 0 saturated heterocycles. The van der Waals surface area contributed by atoms with Gasteiger partial charge in [0.05, 0.1) is 5.52 Å². The molecule has 0 atom stereocenters. The van der Waals surface area contributed by atoms with Crippen LogP contribution in [0.2, 0.25) is 0 Å². The van der Waals surface area contributed by atoms with E-state index in [1.54, 1.807) is 16.7 Å². The van der Waals surface area contributed by atoms with Gasteiger partial charge in [-0.3, -0.25) is 4.79 Å². The zero-order valence-corrected chi connectivity index (χ0v) is 13.7. The van der Waals surface area contributed by atoms with E-state index in [-0.39, 0.29) is 29.1 Å². The molecule has 0 aliphatic heterocycles. The molecule has 132 valence electrons. The van der Waals surface area contributed by atoms with Crippen LogP contribution in [0.1, 0.15) is 34.8 Å². The molecule has 0 spiro atoms. The summed E-state index contributed by atoms with van der Waals surface area (Å²) in [5.41, 5.74) is 0.244. The van der Waals surface area contributed by atoms with E-state index in [4.69, 9.17) is 4.74 Å². The molecule has 2 aromatic carbocycles. The maximum Gasteiger partial charge on any atom is 0.343 e. The molecule has 1 aliphatic rings. The van der Waals surface area contributed by atoms with E-state index in [1.165, 1.54) is 6.20 Å². The highest BCUT2D eigenvalue weighted by Gasteiger charge is 2.28. The fourth-order valence-electron chi connectivity index (χ4n) is 2.95. The van der Waals surface area contributed by atoms with Crippen LogP contribution in [0.5, 0.6) is 0 Å². The molecule has 0 radical (unpaired) electrons. The number of pyridine rings is 1. The highest BCUT2D eigenvalue weighted by atomic mass is 19.2. The van der Waals surface area contributed by atoms with Crippen molar-refractivity contribution < 1.29 is 18.3 Å². The quantitative estimate of drug-likeness (QED) is 0.666. The van der Waals surface area contributed by atoms with Gasteiger partial charge in [0.2, 0.25) is 5.43 Å². The first kappa shape index (κ1) is 16.4. The summed E-state index contributed by atoms with van der Waals surface area (Å²) in [6, 6.07) is 11.0. The standard InChI is InChI=1S/C20H15F2NO3/c21-16-8-14-18(9-17(16)22)23(13-6-7-13)10-15(19(14)24)20(25)26-11-12-4-2-1-3-5-12/h1-5,8-10,13H,6-7,11H2. The first-order chi connectivity index (χ1) is 12.5. The van der Waals surface area contributed by atoms with Gasteiger partial charge in [0.15, 0.2) is 11.6 Å². The molecule has 1 aromatic heterocycles. The van der Waals surface area contributed by atoms with Crippen molar-refractivity contribution in [2.24, 2.45) is 0 Å². The van der Waals surface area contributed by atoms with E-state index in [0.717, 1.165) is 30.5 Å². The van der Waals surface area contributed by atoms with Gasteiger partial charge in [-0.1, -0.05) is 30.3 Å². The second kappa shape index (κ2) is 6.37. The lowest BCUT2D eigenvalue weighted by atomic mass is 10.1. The van der Waals surface area contributed by atoms with E-state index >= 15 is 0 Å². The monoisotopic (exact) mass is 355 g/mol. The van der Waals surface area contributed by atoms with Crippen molar-refractivity contribution >= 4 is 16.9 Å². The van der Waals surface area contributed by atoms with Crippen LogP contribution >= 0.6 is 0 Å². The van der Waals surface area contributed by atoms with Gasteiger partial charge in [0, 0.05) is 23.7 Å². The fraction of sp³-hybridized carbons (Fsp3) is 0.200. The van der Waals surface area contributed by atoms with E-state index in [0.29, 0.717) is 0 Å². The number of carbonyl (C=O) groups is 1. The lowest BCUT2D eigenvalue weighted by molar-refractivity contribution is 0.0470. The molecule has 0 unspecified atom stereocenters. The topological polar surface area (TPSA) is 48.3 Å². The molecule has 1 saturated carbocycles. The highest BCUT2D eigenvalue weighted by molar-refractivity contribution is 5.93. The Labute approximate surface area is 147 Å². The Morgan fingerprint density at radius 2 is 1.81 bits per heavy atom. The molecular weight excluding hydrogens is 340 g/mol. The third-order valence-electron chi connectivity index (χ3n) is 4.45. The molecule has 4 nitrogen and oxygen atoms in total. The molecule has 26 heavy (non-hydrogen) atoms. The Balaban J connectivity index is 1.75. The lowest BCUT2D eigenvalue weighted by Gasteiger charge is -2.13. The van der Waals surface area contributed by atoms with E-state index in [2.05, 4.69) is 0 Å². The lowest BCUT2D eigenvalue weighted by Crippen LogP contribution is -2.21. The average Bonchev–Trinajstić information content (AvgIpc) is 3.48. The molecule has 1 fully saturated rings.